The molecule has 0 amide bonds. The zero-order chi connectivity index (χ0) is 31.7. The summed E-state index contributed by atoms with van der Waals surface area (Å²) in [6, 6.07) is 43.8. The zero-order valence-electron chi connectivity index (χ0n) is 26.8. The van der Waals surface area contributed by atoms with Gasteiger partial charge in [0.15, 0.2) is 5.82 Å². The number of furan rings is 1. The molecule has 1 aliphatic heterocycles. The lowest BCUT2D eigenvalue weighted by atomic mass is 9.82. The topological polar surface area (TPSA) is 38.9 Å². The van der Waals surface area contributed by atoms with Crippen LogP contribution >= 0.6 is 0 Å². The molecular weight excluding hydrogens is 589 g/mol. The fraction of sp³-hybridized carbons (Fsp3) is 0.116. The molecular formula is C43H32N2OSi. The normalized spacial score (nSPS) is 15.1. The first-order chi connectivity index (χ1) is 22.8. The third-order valence-electron chi connectivity index (χ3n) is 10.9. The molecule has 0 N–H and O–H groups in total. The predicted molar refractivity (Wildman–Crippen MR) is 197 cm³/mol. The van der Waals surface area contributed by atoms with Crippen molar-refractivity contribution in [2.24, 2.45) is 0 Å². The van der Waals surface area contributed by atoms with E-state index in [0.717, 1.165) is 50.1 Å². The smallest absolute Gasteiger partial charge is 0.160 e. The summed E-state index contributed by atoms with van der Waals surface area (Å²) in [6.45, 7) is 9.57. The SMILES string of the molecule is CC1(C)c2ccc(-c3nc(-c4ccccc4)c4c5c(ccc4n3)-c3ccccc3[Si]5(C)C)cc2-c2c1ccc1c2oc2ccccc21. The van der Waals surface area contributed by atoms with Crippen molar-refractivity contribution in [1.82, 2.24) is 9.97 Å². The lowest BCUT2D eigenvalue weighted by Gasteiger charge is -2.22. The standard InChI is InChI=1S/C43H32N2OSi/c1-43(2)32-21-18-26(24-31(32)37-33(43)22-19-29-27-14-8-10-16-35(27)46-40(29)37)42-44-34-23-20-30-28-15-9-11-17-36(28)47(3,4)41(30)38(34)39(45-42)25-12-6-5-7-13-25/h5-24H,1-4H3. The Labute approximate surface area is 274 Å². The van der Waals surface area contributed by atoms with Crippen molar-refractivity contribution in [2.45, 2.75) is 32.4 Å². The molecule has 224 valence electrons. The molecule has 2 aromatic heterocycles. The Bertz CT molecular complexity index is 2630. The highest BCUT2D eigenvalue weighted by Gasteiger charge is 2.40. The number of fused-ring (bicyclic) bond motifs is 12. The van der Waals surface area contributed by atoms with Crippen molar-refractivity contribution < 1.29 is 4.42 Å². The number of rotatable bonds is 2. The summed E-state index contributed by atoms with van der Waals surface area (Å²) in [6.07, 6.45) is 0. The van der Waals surface area contributed by atoms with Gasteiger partial charge < -0.3 is 4.42 Å². The van der Waals surface area contributed by atoms with Crippen molar-refractivity contribution in [3.8, 4) is 44.9 Å². The van der Waals surface area contributed by atoms with E-state index in [1.807, 2.05) is 6.07 Å². The van der Waals surface area contributed by atoms with Crippen LogP contribution in [-0.4, -0.2) is 18.0 Å². The Morgan fingerprint density at radius 2 is 1.38 bits per heavy atom. The molecule has 2 aliphatic rings. The molecule has 0 unspecified atom stereocenters. The molecule has 3 nitrogen and oxygen atoms in total. The van der Waals surface area contributed by atoms with Crippen molar-refractivity contribution >= 4 is 51.3 Å². The molecule has 4 heteroatoms. The van der Waals surface area contributed by atoms with Gasteiger partial charge in [-0.2, -0.15) is 0 Å². The van der Waals surface area contributed by atoms with Crippen LogP contribution < -0.4 is 10.4 Å². The van der Waals surface area contributed by atoms with Gasteiger partial charge in [-0.25, -0.2) is 9.97 Å². The van der Waals surface area contributed by atoms with Crippen LogP contribution in [0.3, 0.4) is 0 Å². The summed E-state index contributed by atoms with van der Waals surface area (Å²) < 4.78 is 6.59. The van der Waals surface area contributed by atoms with Crippen LogP contribution in [-0.2, 0) is 5.41 Å². The quantitative estimate of drug-likeness (QED) is 0.181. The van der Waals surface area contributed by atoms with E-state index in [4.69, 9.17) is 14.4 Å². The van der Waals surface area contributed by atoms with E-state index in [-0.39, 0.29) is 5.41 Å². The Hall–Kier alpha value is -5.32. The molecule has 0 fully saturated rings. The molecule has 0 saturated heterocycles. The Morgan fingerprint density at radius 3 is 2.26 bits per heavy atom. The first-order valence-electron chi connectivity index (χ1n) is 16.4. The van der Waals surface area contributed by atoms with Gasteiger partial charge in [0.25, 0.3) is 0 Å². The second-order valence-corrected chi connectivity index (χ2v) is 18.5. The highest BCUT2D eigenvalue weighted by molar-refractivity contribution is 7.05. The van der Waals surface area contributed by atoms with E-state index in [2.05, 4.69) is 142 Å². The molecule has 0 atom stereocenters. The van der Waals surface area contributed by atoms with Crippen LogP contribution in [0.25, 0.3) is 77.7 Å². The summed E-state index contributed by atoms with van der Waals surface area (Å²) >= 11 is 0. The van der Waals surface area contributed by atoms with Gasteiger partial charge in [0.1, 0.15) is 19.2 Å². The second kappa shape index (κ2) is 9.15. The maximum Gasteiger partial charge on any atom is 0.160 e. The van der Waals surface area contributed by atoms with Gasteiger partial charge >= 0.3 is 0 Å². The minimum atomic E-state index is -2.01. The molecule has 10 rings (SSSR count). The van der Waals surface area contributed by atoms with E-state index in [1.165, 1.54) is 49.1 Å². The van der Waals surface area contributed by atoms with Gasteiger partial charge in [-0.3, -0.25) is 0 Å². The lowest BCUT2D eigenvalue weighted by Crippen LogP contribution is -2.49. The number of benzene rings is 6. The fourth-order valence-corrected chi connectivity index (χ4v) is 12.0. The first kappa shape index (κ1) is 26.9. The number of hydrogen-bond acceptors (Lipinski definition) is 3. The number of nitrogens with zero attached hydrogens (tertiary/aromatic N) is 2. The van der Waals surface area contributed by atoms with Gasteiger partial charge in [-0.1, -0.05) is 130 Å². The average Bonchev–Trinajstić information content (AvgIpc) is 3.67. The third kappa shape index (κ3) is 3.51. The summed E-state index contributed by atoms with van der Waals surface area (Å²) in [5, 5.41) is 6.44. The molecule has 6 aromatic carbocycles. The zero-order valence-corrected chi connectivity index (χ0v) is 27.8. The molecule has 8 aromatic rings. The molecule has 0 bridgehead atoms. The molecule has 0 spiro atoms. The minimum Gasteiger partial charge on any atom is -0.455 e. The maximum absolute atomic E-state index is 6.59. The van der Waals surface area contributed by atoms with E-state index in [1.54, 1.807) is 0 Å². The van der Waals surface area contributed by atoms with Crippen molar-refractivity contribution in [1.29, 1.82) is 0 Å². The van der Waals surface area contributed by atoms with Crippen LogP contribution in [0.2, 0.25) is 13.1 Å². The van der Waals surface area contributed by atoms with Crippen LogP contribution in [0.4, 0.5) is 0 Å². The highest BCUT2D eigenvalue weighted by atomic mass is 28.3. The van der Waals surface area contributed by atoms with Gasteiger partial charge in [0.2, 0.25) is 0 Å². The third-order valence-corrected chi connectivity index (χ3v) is 14.4. The van der Waals surface area contributed by atoms with Crippen molar-refractivity contribution in [3.63, 3.8) is 0 Å². The fourth-order valence-electron chi connectivity index (χ4n) is 8.59. The summed E-state index contributed by atoms with van der Waals surface area (Å²) in [7, 11) is -2.01. The van der Waals surface area contributed by atoms with Gasteiger partial charge in [-0.15, -0.1) is 0 Å². The number of para-hydroxylation sites is 1. The summed E-state index contributed by atoms with van der Waals surface area (Å²) in [5.41, 5.74) is 13.6. The van der Waals surface area contributed by atoms with Gasteiger partial charge in [0, 0.05) is 38.3 Å². The van der Waals surface area contributed by atoms with Gasteiger partial charge in [-0.05, 0) is 56.4 Å². The molecule has 47 heavy (non-hydrogen) atoms. The van der Waals surface area contributed by atoms with Crippen LogP contribution in [0.5, 0.6) is 0 Å². The van der Waals surface area contributed by atoms with Crippen molar-refractivity contribution in [2.75, 3.05) is 0 Å². The number of aromatic nitrogens is 2. The number of hydrogen-bond donors (Lipinski definition) is 0. The average molecular weight is 621 g/mol. The lowest BCUT2D eigenvalue weighted by molar-refractivity contribution is 0.653. The van der Waals surface area contributed by atoms with E-state index >= 15 is 0 Å². The van der Waals surface area contributed by atoms with Crippen LogP contribution in [0.1, 0.15) is 25.0 Å². The predicted octanol–water partition coefficient (Wildman–Crippen LogP) is 9.97. The Balaban J connectivity index is 1.24. The Kier molecular flexibility index (Phi) is 5.22. The van der Waals surface area contributed by atoms with Crippen LogP contribution in [0, 0.1) is 0 Å². The summed E-state index contributed by atoms with van der Waals surface area (Å²) in [4.78, 5) is 10.8. The monoisotopic (exact) mass is 620 g/mol. The summed E-state index contributed by atoms with van der Waals surface area (Å²) in [5.74, 6) is 0.747. The maximum atomic E-state index is 6.59. The first-order valence-corrected chi connectivity index (χ1v) is 19.4. The molecule has 3 heterocycles. The highest BCUT2D eigenvalue weighted by Crippen LogP contribution is 2.53. The largest absolute Gasteiger partial charge is 0.455 e. The van der Waals surface area contributed by atoms with Crippen molar-refractivity contribution in [3.05, 3.63) is 132 Å². The van der Waals surface area contributed by atoms with E-state index in [9.17, 15) is 0 Å². The van der Waals surface area contributed by atoms with Crippen LogP contribution in [0.15, 0.2) is 126 Å². The minimum absolute atomic E-state index is 0.151. The molecule has 0 saturated carbocycles. The van der Waals surface area contributed by atoms with E-state index in [0.29, 0.717) is 0 Å². The molecule has 1 aliphatic carbocycles. The van der Waals surface area contributed by atoms with E-state index < -0.39 is 8.07 Å². The second-order valence-electron chi connectivity index (χ2n) is 14.2. The molecule has 0 radical (unpaired) electrons. The van der Waals surface area contributed by atoms with Gasteiger partial charge in [0.05, 0.1) is 11.2 Å². The Morgan fingerprint density at radius 1 is 0.617 bits per heavy atom.